The highest BCUT2D eigenvalue weighted by Gasteiger charge is 2.18. The molecular formula is C23H21ClN2O. The number of benzene rings is 3. The summed E-state index contributed by atoms with van der Waals surface area (Å²) in [6.07, 6.45) is 0. The van der Waals surface area contributed by atoms with Crippen LogP contribution in [0.3, 0.4) is 0 Å². The molecule has 136 valence electrons. The van der Waals surface area contributed by atoms with Gasteiger partial charge in [0.15, 0.2) is 0 Å². The third kappa shape index (κ3) is 4.78. The zero-order valence-corrected chi connectivity index (χ0v) is 15.8. The van der Waals surface area contributed by atoms with Gasteiger partial charge in [-0.3, -0.25) is 4.79 Å². The van der Waals surface area contributed by atoms with E-state index in [1.165, 1.54) is 0 Å². The van der Waals surface area contributed by atoms with Crippen molar-refractivity contribution < 1.29 is 4.79 Å². The average molecular weight is 377 g/mol. The van der Waals surface area contributed by atoms with Crippen LogP contribution in [0.5, 0.6) is 0 Å². The van der Waals surface area contributed by atoms with Gasteiger partial charge in [0.2, 0.25) is 0 Å². The molecule has 2 N–H and O–H groups in total. The van der Waals surface area contributed by atoms with E-state index >= 15 is 0 Å². The predicted octanol–water partition coefficient (Wildman–Crippen LogP) is 5.48. The van der Waals surface area contributed by atoms with E-state index in [-0.39, 0.29) is 17.6 Å². The van der Waals surface area contributed by atoms with Crippen LogP contribution in [-0.4, -0.2) is 5.91 Å². The van der Waals surface area contributed by atoms with Crippen LogP contribution in [0.4, 0.5) is 5.69 Å². The summed E-state index contributed by atoms with van der Waals surface area (Å²) in [5.74, 6) is -0.262. The fourth-order valence-electron chi connectivity index (χ4n) is 2.85. The summed E-state index contributed by atoms with van der Waals surface area (Å²) in [6.45, 7) is 5.82. The minimum absolute atomic E-state index is 0.259. The smallest absolute Gasteiger partial charge is 0.267 e. The molecule has 0 spiro atoms. The first kappa shape index (κ1) is 18.7. The van der Waals surface area contributed by atoms with Crippen LogP contribution in [0.2, 0.25) is 5.02 Å². The van der Waals surface area contributed by atoms with E-state index in [2.05, 4.69) is 17.2 Å². The van der Waals surface area contributed by atoms with Crippen molar-refractivity contribution in [1.82, 2.24) is 5.32 Å². The third-order valence-electron chi connectivity index (χ3n) is 4.29. The lowest BCUT2D eigenvalue weighted by Gasteiger charge is -2.21. The maximum Gasteiger partial charge on any atom is 0.267 e. The molecule has 0 bridgehead atoms. The second kappa shape index (κ2) is 8.56. The van der Waals surface area contributed by atoms with Crippen LogP contribution >= 0.6 is 11.6 Å². The normalized spacial score (nSPS) is 10.5. The summed E-state index contributed by atoms with van der Waals surface area (Å²) in [7, 11) is 0. The van der Waals surface area contributed by atoms with Crippen LogP contribution in [0.15, 0.2) is 91.1 Å². The van der Waals surface area contributed by atoms with Crippen molar-refractivity contribution >= 4 is 23.2 Å². The quantitative estimate of drug-likeness (QED) is 0.559. The Morgan fingerprint density at radius 3 is 2.00 bits per heavy atom. The van der Waals surface area contributed by atoms with E-state index in [9.17, 15) is 4.79 Å². The van der Waals surface area contributed by atoms with Gasteiger partial charge in [-0.2, -0.15) is 0 Å². The topological polar surface area (TPSA) is 41.1 Å². The number of nitrogens with one attached hydrogen (secondary N) is 2. The molecule has 0 atom stereocenters. The number of amides is 1. The number of hydrogen-bond acceptors (Lipinski definition) is 2. The van der Waals surface area contributed by atoms with Crippen LogP contribution < -0.4 is 10.6 Å². The molecule has 0 heterocycles. The molecule has 0 saturated heterocycles. The Bertz CT molecular complexity index is 900. The zero-order chi connectivity index (χ0) is 19.2. The molecule has 4 heteroatoms. The highest BCUT2D eigenvalue weighted by molar-refractivity contribution is 6.30. The number of halogens is 1. The molecule has 3 rings (SSSR count). The first-order valence-electron chi connectivity index (χ1n) is 8.67. The second-order valence-electron chi connectivity index (χ2n) is 6.29. The largest absolute Gasteiger partial charge is 0.351 e. The molecule has 0 aliphatic rings. The van der Waals surface area contributed by atoms with E-state index in [0.717, 1.165) is 22.4 Å². The van der Waals surface area contributed by atoms with Gasteiger partial charge < -0.3 is 10.6 Å². The van der Waals surface area contributed by atoms with E-state index in [4.69, 9.17) is 11.6 Å². The molecule has 0 saturated carbocycles. The van der Waals surface area contributed by atoms with Crippen molar-refractivity contribution in [2.24, 2.45) is 0 Å². The van der Waals surface area contributed by atoms with Gasteiger partial charge in [-0.25, -0.2) is 0 Å². The van der Waals surface area contributed by atoms with Gasteiger partial charge in [0.1, 0.15) is 0 Å². The maximum atomic E-state index is 12.8. The highest BCUT2D eigenvalue weighted by atomic mass is 35.5. The molecule has 3 nitrogen and oxygen atoms in total. The molecule has 0 aliphatic carbocycles. The summed E-state index contributed by atoms with van der Waals surface area (Å²) in [4.78, 5) is 12.8. The number of aryl methyl sites for hydroxylation is 1. The van der Waals surface area contributed by atoms with Gasteiger partial charge in [0.05, 0.1) is 11.7 Å². The Morgan fingerprint density at radius 2 is 1.48 bits per heavy atom. The Morgan fingerprint density at radius 1 is 0.926 bits per heavy atom. The average Bonchev–Trinajstić information content (AvgIpc) is 2.69. The van der Waals surface area contributed by atoms with Crippen molar-refractivity contribution in [3.63, 3.8) is 0 Å². The fraction of sp³-hybridized carbons (Fsp3) is 0.0870. The first-order valence-corrected chi connectivity index (χ1v) is 9.05. The molecule has 3 aromatic carbocycles. The summed E-state index contributed by atoms with van der Waals surface area (Å²) in [6, 6.07) is 24.9. The van der Waals surface area contributed by atoms with Gasteiger partial charge >= 0.3 is 0 Å². The Hall–Kier alpha value is -3.04. The summed E-state index contributed by atoms with van der Waals surface area (Å²) < 4.78 is 0. The number of carbonyl (C=O) groups is 1. The Balaban J connectivity index is 1.79. The molecule has 0 unspecified atom stereocenters. The molecule has 3 aromatic rings. The molecule has 0 radical (unpaired) electrons. The summed E-state index contributed by atoms with van der Waals surface area (Å²) in [5.41, 5.74) is 4.03. The van der Waals surface area contributed by atoms with Crippen molar-refractivity contribution in [1.29, 1.82) is 0 Å². The minimum atomic E-state index is -0.262. The maximum absolute atomic E-state index is 12.8. The number of anilines is 1. The van der Waals surface area contributed by atoms with Gasteiger partial charge in [0, 0.05) is 10.7 Å². The monoisotopic (exact) mass is 376 g/mol. The molecular weight excluding hydrogens is 356 g/mol. The standard InChI is InChI=1S/C23H21ClN2O/c1-16-15-20(24)13-14-21(16)25-17(2)23(27)26-22(18-9-5-3-6-10-18)19-11-7-4-8-12-19/h3-15,22,25H,2H2,1H3,(H,26,27). The van der Waals surface area contributed by atoms with E-state index in [1.807, 2.05) is 79.7 Å². The van der Waals surface area contributed by atoms with E-state index in [0.29, 0.717) is 5.02 Å². The highest BCUT2D eigenvalue weighted by Crippen LogP contribution is 2.23. The summed E-state index contributed by atoms with van der Waals surface area (Å²) >= 11 is 5.99. The van der Waals surface area contributed by atoms with Gasteiger partial charge in [-0.1, -0.05) is 78.8 Å². The van der Waals surface area contributed by atoms with Crippen LogP contribution in [-0.2, 0) is 4.79 Å². The van der Waals surface area contributed by atoms with E-state index in [1.54, 1.807) is 6.07 Å². The van der Waals surface area contributed by atoms with Gasteiger partial charge in [-0.15, -0.1) is 0 Å². The predicted molar refractivity (Wildman–Crippen MR) is 112 cm³/mol. The van der Waals surface area contributed by atoms with Crippen molar-refractivity contribution in [2.75, 3.05) is 5.32 Å². The summed E-state index contributed by atoms with van der Waals surface area (Å²) in [5, 5.41) is 6.81. The SMILES string of the molecule is C=C(Nc1ccc(Cl)cc1C)C(=O)NC(c1ccccc1)c1ccccc1. The molecule has 0 aromatic heterocycles. The van der Waals surface area contributed by atoms with Crippen molar-refractivity contribution in [3.05, 3.63) is 113 Å². The Kier molecular flexibility index (Phi) is 5.94. The zero-order valence-electron chi connectivity index (χ0n) is 15.1. The Labute approximate surface area is 164 Å². The lowest BCUT2D eigenvalue weighted by Crippen LogP contribution is -2.32. The number of carbonyl (C=O) groups excluding carboxylic acids is 1. The van der Waals surface area contributed by atoms with Gasteiger partial charge in [0.25, 0.3) is 5.91 Å². The fourth-order valence-corrected chi connectivity index (χ4v) is 3.08. The van der Waals surface area contributed by atoms with Crippen LogP contribution in [0.25, 0.3) is 0 Å². The lowest BCUT2D eigenvalue weighted by atomic mass is 9.98. The third-order valence-corrected chi connectivity index (χ3v) is 4.52. The molecule has 1 amide bonds. The number of hydrogen-bond donors (Lipinski definition) is 2. The van der Waals surface area contributed by atoms with Crippen LogP contribution in [0.1, 0.15) is 22.7 Å². The molecule has 0 fully saturated rings. The molecule has 27 heavy (non-hydrogen) atoms. The van der Waals surface area contributed by atoms with E-state index < -0.39 is 0 Å². The second-order valence-corrected chi connectivity index (χ2v) is 6.73. The van der Waals surface area contributed by atoms with Crippen molar-refractivity contribution in [3.8, 4) is 0 Å². The lowest BCUT2D eigenvalue weighted by molar-refractivity contribution is -0.117. The van der Waals surface area contributed by atoms with Gasteiger partial charge in [-0.05, 0) is 41.8 Å². The first-order chi connectivity index (χ1) is 13.0. The number of rotatable bonds is 6. The minimum Gasteiger partial charge on any atom is -0.351 e. The molecule has 0 aliphatic heterocycles. The van der Waals surface area contributed by atoms with Crippen LogP contribution in [0, 0.1) is 6.92 Å². The van der Waals surface area contributed by atoms with Crippen molar-refractivity contribution in [2.45, 2.75) is 13.0 Å².